The minimum atomic E-state index is -1.23. The van der Waals surface area contributed by atoms with Gasteiger partial charge in [0.25, 0.3) is 0 Å². The molecule has 0 aromatic carbocycles. The first kappa shape index (κ1) is 14.2. The summed E-state index contributed by atoms with van der Waals surface area (Å²) in [6, 6.07) is 2.41. The van der Waals surface area contributed by atoms with Crippen LogP contribution in [0.3, 0.4) is 0 Å². The lowest BCUT2D eigenvalue weighted by molar-refractivity contribution is -0.143. The second-order valence-corrected chi connectivity index (χ2v) is 4.68. The maximum absolute atomic E-state index is 11.6. The Balaban J connectivity index is 2.47. The number of rotatable bonds is 7. The third kappa shape index (κ3) is 4.96. The van der Waals surface area contributed by atoms with Gasteiger partial charge in [-0.3, -0.25) is 9.59 Å². The maximum atomic E-state index is 11.6. The van der Waals surface area contributed by atoms with Crippen molar-refractivity contribution in [1.82, 2.24) is 5.32 Å². The normalized spacial score (nSPS) is 11.8. The van der Waals surface area contributed by atoms with E-state index >= 15 is 0 Å². The number of amides is 1. The number of nitrogens with one attached hydrogen (secondary N) is 1. The number of carboxylic acids is 2. The van der Waals surface area contributed by atoms with Gasteiger partial charge in [-0.25, -0.2) is 4.79 Å². The molecule has 0 fully saturated rings. The highest BCUT2D eigenvalue weighted by atomic mass is 32.1. The number of hydrogen-bond acceptors (Lipinski definition) is 4. The highest BCUT2D eigenvalue weighted by molar-refractivity contribution is 7.10. The molecule has 0 saturated carbocycles. The molecule has 0 aliphatic heterocycles. The fourth-order valence-corrected chi connectivity index (χ4v) is 2.05. The van der Waals surface area contributed by atoms with E-state index in [2.05, 4.69) is 5.32 Å². The summed E-state index contributed by atoms with van der Waals surface area (Å²) in [7, 11) is 0. The van der Waals surface area contributed by atoms with Gasteiger partial charge in [0.15, 0.2) is 0 Å². The molecule has 18 heavy (non-hydrogen) atoms. The summed E-state index contributed by atoms with van der Waals surface area (Å²) >= 11 is 1.40. The molecule has 1 amide bonds. The molecule has 1 unspecified atom stereocenters. The van der Waals surface area contributed by atoms with Crippen LogP contribution in [0.5, 0.6) is 0 Å². The SMILES string of the molecule is O=C(O)CCC(NC(=O)Cc1cccs1)C(=O)O. The van der Waals surface area contributed by atoms with Crippen molar-refractivity contribution >= 4 is 29.2 Å². The van der Waals surface area contributed by atoms with E-state index in [1.807, 2.05) is 5.38 Å². The van der Waals surface area contributed by atoms with Crippen LogP contribution in [-0.2, 0) is 20.8 Å². The molecule has 7 heteroatoms. The van der Waals surface area contributed by atoms with Gasteiger partial charge in [-0.15, -0.1) is 11.3 Å². The van der Waals surface area contributed by atoms with E-state index in [0.29, 0.717) is 0 Å². The lowest BCUT2D eigenvalue weighted by atomic mass is 10.1. The molecule has 0 aliphatic rings. The van der Waals surface area contributed by atoms with Crippen LogP contribution in [0.15, 0.2) is 17.5 Å². The number of carbonyl (C=O) groups is 3. The van der Waals surface area contributed by atoms with Crippen molar-refractivity contribution in [3.8, 4) is 0 Å². The summed E-state index contributed by atoms with van der Waals surface area (Å²) in [5.74, 6) is -2.74. The Morgan fingerprint density at radius 3 is 2.56 bits per heavy atom. The summed E-state index contributed by atoms with van der Waals surface area (Å²) in [5, 5.41) is 21.5. The Labute approximate surface area is 107 Å². The first-order valence-electron chi connectivity index (χ1n) is 5.25. The van der Waals surface area contributed by atoms with Crippen molar-refractivity contribution in [2.75, 3.05) is 0 Å². The average Bonchev–Trinajstić information content (AvgIpc) is 2.76. The molecule has 98 valence electrons. The Bertz CT molecular complexity index is 429. The monoisotopic (exact) mass is 271 g/mol. The number of aliphatic carboxylic acids is 2. The molecule has 1 atom stereocenters. The number of thiophene rings is 1. The summed E-state index contributed by atoms with van der Waals surface area (Å²) in [5.41, 5.74) is 0. The molecule has 6 nitrogen and oxygen atoms in total. The first-order valence-corrected chi connectivity index (χ1v) is 6.13. The minimum absolute atomic E-state index is 0.106. The second kappa shape index (κ2) is 6.75. The third-order valence-electron chi connectivity index (χ3n) is 2.20. The molecule has 1 rings (SSSR count). The lowest BCUT2D eigenvalue weighted by Gasteiger charge is -2.12. The summed E-state index contributed by atoms with van der Waals surface area (Å²) in [4.78, 5) is 33.6. The van der Waals surface area contributed by atoms with Gasteiger partial charge in [-0.05, 0) is 17.9 Å². The highest BCUT2D eigenvalue weighted by Crippen LogP contribution is 2.09. The van der Waals surface area contributed by atoms with Crippen LogP contribution in [-0.4, -0.2) is 34.1 Å². The third-order valence-corrected chi connectivity index (χ3v) is 3.07. The van der Waals surface area contributed by atoms with E-state index < -0.39 is 23.9 Å². The van der Waals surface area contributed by atoms with Crippen molar-refractivity contribution < 1.29 is 24.6 Å². The van der Waals surface area contributed by atoms with Gasteiger partial charge in [0.05, 0.1) is 6.42 Å². The van der Waals surface area contributed by atoms with E-state index in [9.17, 15) is 14.4 Å². The first-order chi connectivity index (χ1) is 8.49. The Kier molecular flexibility index (Phi) is 5.31. The summed E-state index contributed by atoms with van der Waals surface area (Å²) < 4.78 is 0. The average molecular weight is 271 g/mol. The van der Waals surface area contributed by atoms with E-state index in [1.165, 1.54) is 11.3 Å². The predicted octanol–water partition coefficient (Wildman–Crippen LogP) is 0.725. The van der Waals surface area contributed by atoms with Gasteiger partial charge < -0.3 is 15.5 Å². The van der Waals surface area contributed by atoms with Gasteiger partial charge in [-0.1, -0.05) is 6.07 Å². The molecule has 0 aliphatic carbocycles. The molecule has 0 bridgehead atoms. The van der Waals surface area contributed by atoms with Crippen LogP contribution < -0.4 is 5.32 Å². The van der Waals surface area contributed by atoms with E-state index in [4.69, 9.17) is 10.2 Å². The minimum Gasteiger partial charge on any atom is -0.481 e. The Hall–Kier alpha value is -1.89. The van der Waals surface area contributed by atoms with E-state index in [1.54, 1.807) is 12.1 Å². The van der Waals surface area contributed by atoms with Crippen LogP contribution in [0.2, 0.25) is 0 Å². The maximum Gasteiger partial charge on any atom is 0.326 e. The molecular formula is C11H13NO5S. The van der Waals surface area contributed by atoms with Crippen molar-refractivity contribution in [2.24, 2.45) is 0 Å². The number of carboxylic acid groups (broad SMARTS) is 2. The van der Waals surface area contributed by atoms with Gasteiger partial charge in [0.1, 0.15) is 6.04 Å². The van der Waals surface area contributed by atoms with Gasteiger partial charge >= 0.3 is 11.9 Å². The van der Waals surface area contributed by atoms with Crippen LogP contribution in [0.25, 0.3) is 0 Å². The van der Waals surface area contributed by atoms with Gasteiger partial charge in [0.2, 0.25) is 5.91 Å². The Morgan fingerprint density at radius 2 is 2.06 bits per heavy atom. The highest BCUT2D eigenvalue weighted by Gasteiger charge is 2.20. The van der Waals surface area contributed by atoms with Crippen LogP contribution >= 0.6 is 11.3 Å². The molecular weight excluding hydrogens is 258 g/mol. The van der Waals surface area contributed by atoms with Crippen molar-refractivity contribution in [3.05, 3.63) is 22.4 Å². The molecule has 1 aromatic rings. The Morgan fingerprint density at radius 1 is 1.33 bits per heavy atom. The fraction of sp³-hybridized carbons (Fsp3) is 0.364. The molecule has 3 N–H and O–H groups in total. The van der Waals surface area contributed by atoms with E-state index in [-0.39, 0.29) is 19.3 Å². The summed E-state index contributed by atoms with van der Waals surface area (Å²) in [6.45, 7) is 0. The zero-order valence-electron chi connectivity index (χ0n) is 9.46. The van der Waals surface area contributed by atoms with Gasteiger partial charge in [0, 0.05) is 11.3 Å². The summed E-state index contributed by atoms with van der Waals surface area (Å²) in [6.07, 6.45) is -0.314. The number of carbonyl (C=O) groups excluding carboxylic acids is 1. The van der Waals surface area contributed by atoms with Crippen LogP contribution in [0.1, 0.15) is 17.7 Å². The van der Waals surface area contributed by atoms with E-state index in [0.717, 1.165) is 4.88 Å². The number of hydrogen-bond donors (Lipinski definition) is 3. The molecule has 0 spiro atoms. The van der Waals surface area contributed by atoms with Gasteiger partial charge in [-0.2, -0.15) is 0 Å². The molecule has 1 heterocycles. The van der Waals surface area contributed by atoms with Crippen LogP contribution in [0.4, 0.5) is 0 Å². The topological polar surface area (TPSA) is 104 Å². The standard InChI is InChI=1S/C11H13NO5S/c13-9(6-7-2-1-5-18-7)12-8(11(16)17)3-4-10(14)15/h1-2,5,8H,3-4,6H2,(H,12,13)(H,14,15)(H,16,17). The second-order valence-electron chi connectivity index (χ2n) is 3.65. The molecule has 0 radical (unpaired) electrons. The fourth-order valence-electron chi connectivity index (χ4n) is 1.34. The van der Waals surface area contributed by atoms with Crippen molar-refractivity contribution in [3.63, 3.8) is 0 Å². The zero-order chi connectivity index (χ0) is 13.5. The molecule has 1 aromatic heterocycles. The quantitative estimate of drug-likeness (QED) is 0.678. The van der Waals surface area contributed by atoms with Crippen molar-refractivity contribution in [2.45, 2.75) is 25.3 Å². The van der Waals surface area contributed by atoms with Crippen LogP contribution in [0, 0.1) is 0 Å². The zero-order valence-corrected chi connectivity index (χ0v) is 10.3. The smallest absolute Gasteiger partial charge is 0.326 e. The predicted molar refractivity (Wildman–Crippen MR) is 64.5 cm³/mol. The molecule has 0 saturated heterocycles. The largest absolute Gasteiger partial charge is 0.481 e. The lowest BCUT2D eigenvalue weighted by Crippen LogP contribution is -2.41. The van der Waals surface area contributed by atoms with Crippen molar-refractivity contribution in [1.29, 1.82) is 0 Å².